The standard InChI is InChI=1S/C76H51N3/c1-2-26-67-55(16-1)17-15-31-68(67)61-23-12-19-57(49-61)53-38-44-63(45-39-53)77(64-46-40-54(41-47-64)59-21-13-24-65(50-59)78-73-32-7-3-27-69(73)70-28-4-8-33-74(70)78)62-42-36-52(37-43-62)56-18-11-20-58(48-56)60-22-14-25-66(51-60)79-75-34-9-5-29-71(75)72-30-6-10-35-76(72)79/h1-51H. The average Bonchev–Trinajstić information content (AvgIpc) is 4.22. The summed E-state index contributed by atoms with van der Waals surface area (Å²) in [5, 5.41) is 7.55. The van der Waals surface area contributed by atoms with Crippen molar-refractivity contribution in [3.63, 3.8) is 0 Å². The van der Waals surface area contributed by atoms with Gasteiger partial charge in [-0.3, -0.25) is 0 Å². The second-order valence-corrected chi connectivity index (χ2v) is 20.5. The Morgan fingerprint density at radius 3 is 0.949 bits per heavy atom. The maximum absolute atomic E-state index is 2.39. The summed E-state index contributed by atoms with van der Waals surface area (Å²) in [4.78, 5) is 2.37. The zero-order valence-electron chi connectivity index (χ0n) is 43.3. The third kappa shape index (κ3) is 8.16. The van der Waals surface area contributed by atoms with E-state index in [1.165, 1.54) is 93.3 Å². The molecule has 0 N–H and O–H groups in total. The highest BCUT2D eigenvalue weighted by atomic mass is 15.1. The fourth-order valence-electron chi connectivity index (χ4n) is 12.1. The van der Waals surface area contributed by atoms with E-state index in [9.17, 15) is 0 Å². The molecule has 3 heteroatoms. The number of fused-ring (bicyclic) bond motifs is 7. The second kappa shape index (κ2) is 19.3. The molecule has 79 heavy (non-hydrogen) atoms. The van der Waals surface area contributed by atoms with Gasteiger partial charge in [0.15, 0.2) is 0 Å². The molecule has 0 saturated carbocycles. The smallest absolute Gasteiger partial charge is 0.0541 e. The Morgan fingerprint density at radius 1 is 0.203 bits per heavy atom. The Hall–Kier alpha value is -10.5. The Balaban J connectivity index is 0.775. The van der Waals surface area contributed by atoms with Gasteiger partial charge in [-0.2, -0.15) is 0 Å². The van der Waals surface area contributed by atoms with Gasteiger partial charge in [0, 0.05) is 50.0 Å². The highest BCUT2D eigenvalue weighted by molar-refractivity contribution is 6.10. The fourth-order valence-corrected chi connectivity index (χ4v) is 12.1. The number of aromatic nitrogens is 2. The van der Waals surface area contributed by atoms with Gasteiger partial charge in [0.2, 0.25) is 0 Å². The van der Waals surface area contributed by atoms with Crippen LogP contribution >= 0.6 is 0 Å². The molecular weight excluding hydrogens is 955 g/mol. The molecule has 0 fully saturated rings. The molecule has 0 aliphatic heterocycles. The molecule has 2 aromatic heterocycles. The highest BCUT2D eigenvalue weighted by Gasteiger charge is 2.18. The van der Waals surface area contributed by atoms with E-state index in [1.54, 1.807) is 0 Å². The van der Waals surface area contributed by atoms with Crippen LogP contribution in [0.1, 0.15) is 0 Å². The first-order valence-corrected chi connectivity index (χ1v) is 27.1. The van der Waals surface area contributed by atoms with Gasteiger partial charge in [-0.05, 0) is 163 Å². The van der Waals surface area contributed by atoms with Crippen LogP contribution in [-0.4, -0.2) is 9.13 Å². The van der Waals surface area contributed by atoms with E-state index < -0.39 is 0 Å². The lowest BCUT2D eigenvalue weighted by Crippen LogP contribution is -2.09. The molecule has 370 valence electrons. The minimum atomic E-state index is 1.07. The average molecular weight is 1010 g/mol. The van der Waals surface area contributed by atoms with Crippen molar-refractivity contribution >= 4 is 71.4 Å². The van der Waals surface area contributed by atoms with Crippen molar-refractivity contribution in [1.29, 1.82) is 0 Å². The van der Waals surface area contributed by atoms with Gasteiger partial charge in [0.05, 0.1) is 22.1 Å². The summed E-state index contributed by atoms with van der Waals surface area (Å²) in [6.45, 7) is 0. The Kier molecular flexibility index (Phi) is 11.2. The van der Waals surface area contributed by atoms with E-state index in [0.717, 1.165) is 45.1 Å². The van der Waals surface area contributed by atoms with Crippen LogP contribution in [0.4, 0.5) is 17.1 Å². The number of rotatable bonds is 10. The molecule has 0 aliphatic carbocycles. The third-order valence-electron chi connectivity index (χ3n) is 15.9. The van der Waals surface area contributed by atoms with Gasteiger partial charge in [0.1, 0.15) is 0 Å². The van der Waals surface area contributed by atoms with Gasteiger partial charge in [-0.25, -0.2) is 0 Å². The van der Waals surface area contributed by atoms with E-state index in [1.807, 2.05) is 0 Å². The molecule has 0 spiro atoms. The Labute approximate surface area is 459 Å². The van der Waals surface area contributed by atoms with Crippen LogP contribution in [0.2, 0.25) is 0 Å². The molecule has 13 aromatic carbocycles. The molecular formula is C76H51N3. The van der Waals surface area contributed by atoms with Crippen LogP contribution in [0.3, 0.4) is 0 Å². The van der Waals surface area contributed by atoms with Gasteiger partial charge < -0.3 is 14.0 Å². The largest absolute Gasteiger partial charge is 0.311 e. The van der Waals surface area contributed by atoms with E-state index in [0.29, 0.717) is 0 Å². The summed E-state index contributed by atoms with van der Waals surface area (Å²) < 4.78 is 4.78. The van der Waals surface area contributed by atoms with Gasteiger partial charge in [0.25, 0.3) is 0 Å². The number of para-hydroxylation sites is 4. The Bertz CT molecular complexity index is 4660. The molecule has 0 saturated heterocycles. The molecule has 0 unspecified atom stereocenters. The van der Waals surface area contributed by atoms with Crippen molar-refractivity contribution in [3.8, 4) is 67.0 Å². The number of benzene rings is 13. The molecule has 0 atom stereocenters. The summed E-state index contributed by atoms with van der Waals surface area (Å²) in [6, 6.07) is 113. The summed E-state index contributed by atoms with van der Waals surface area (Å²) in [6.07, 6.45) is 0. The maximum Gasteiger partial charge on any atom is 0.0541 e. The number of anilines is 3. The predicted molar refractivity (Wildman–Crippen MR) is 334 cm³/mol. The van der Waals surface area contributed by atoms with Crippen molar-refractivity contribution in [3.05, 3.63) is 309 Å². The molecule has 15 aromatic rings. The molecule has 15 rings (SSSR count). The van der Waals surface area contributed by atoms with Crippen LogP contribution in [0.5, 0.6) is 0 Å². The summed E-state index contributed by atoms with van der Waals surface area (Å²) in [5.74, 6) is 0. The molecule has 0 radical (unpaired) electrons. The fraction of sp³-hybridized carbons (Fsp3) is 0. The van der Waals surface area contributed by atoms with Gasteiger partial charge >= 0.3 is 0 Å². The summed E-state index contributed by atoms with van der Waals surface area (Å²) >= 11 is 0. The zero-order chi connectivity index (χ0) is 52.2. The quantitative estimate of drug-likeness (QED) is 0.133. The molecule has 2 heterocycles. The molecule has 0 aliphatic rings. The lowest BCUT2D eigenvalue weighted by Gasteiger charge is -2.26. The normalized spacial score (nSPS) is 11.5. The van der Waals surface area contributed by atoms with E-state index in [-0.39, 0.29) is 0 Å². The van der Waals surface area contributed by atoms with Crippen molar-refractivity contribution in [2.45, 2.75) is 0 Å². The first kappa shape index (κ1) is 45.9. The zero-order valence-corrected chi connectivity index (χ0v) is 43.3. The molecule has 3 nitrogen and oxygen atoms in total. The monoisotopic (exact) mass is 1010 g/mol. The minimum Gasteiger partial charge on any atom is -0.311 e. The van der Waals surface area contributed by atoms with Crippen LogP contribution in [0.15, 0.2) is 309 Å². The highest BCUT2D eigenvalue weighted by Crippen LogP contribution is 2.41. The van der Waals surface area contributed by atoms with Crippen LogP contribution < -0.4 is 4.90 Å². The predicted octanol–water partition coefficient (Wildman–Crippen LogP) is 20.8. The van der Waals surface area contributed by atoms with E-state index in [2.05, 4.69) is 323 Å². The molecule has 0 bridgehead atoms. The second-order valence-electron chi connectivity index (χ2n) is 20.5. The van der Waals surface area contributed by atoms with E-state index in [4.69, 9.17) is 0 Å². The summed E-state index contributed by atoms with van der Waals surface area (Å²) in [5.41, 5.74) is 22.1. The SMILES string of the molecule is c1cc(-c2ccc(N(c3ccc(-c4cccc(-c5cccc6ccccc56)c4)cc3)c3ccc(-c4cccc(-n5c6ccccc6c6ccccc65)c4)cc3)cc2)cc(-c2cccc(-n3c4ccccc4c4ccccc43)c2)c1. The lowest BCUT2D eigenvalue weighted by molar-refractivity contribution is 1.18. The number of hydrogen-bond donors (Lipinski definition) is 0. The number of hydrogen-bond acceptors (Lipinski definition) is 1. The number of nitrogens with zero attached hydrogens (tertiary/aromatic N) is 3. The van der Waals surface area contributed by atoms with Crippen LogP contribution in [0, 0.1) is 0 Å². The molecule has 0 amide bonds. The van der Waals surface area contributed by atoms with Crippen molar-refractivity contribution < 1.29 is 0 Å². The van der Waals surface area contributed by atoms with E-state index >= 15 is 0 Å². The van der Waals surface area contributed by atoms with Crippen molar-refractivity contribution in [1.82, 2.24) is 9.13 Å². The van der Waals surface area contributed by atoms with Crippen molar-refractivity contribution in [2.24, 2.45) is 0 Å². The van der Waals surface area contributed by atoms with Crippen molar-refractivity contribution in [2.75, 3.05) is 4.90 Å². The first-order valence-electron chi connectivity index (χ1n) is 27.1. The summed E-state index contributed by atoms with van der Waals surface area (Å²) in [7, 11) is 0. The topological polar surface area (TPSA) is 13.1 Å². The maximum atomic E-state index is 2.39. The van der Waals surface area contributed by atoms with Crippen LogP contribution in [-0.2, 0) is 0 Å². The minimum absolute atomic E-state index is 1.07. The third-order valence-corrected chi connectivity index (χ3v) is 15.9. The van der Waals surface area contributed by atoms with Gasteiger partial charge in [-0.15, -0.1) is 0 Å². The van der Waals surface area contributed by atoms with Gasteiger partial charge in [-0.1, -0.05) is 212 Å². The van der Waals surface area contributed by atoms with Crippen LogP contribution in [0.25, 0.3) is 121 Å². The first-order chi connectivity index (χ1) is 39.2. The lowest BCUT2D eigenvalue weighted by atomic mass is 9.95. The Morgan fingerprint density at radius 2 is 0.506 bits per heavy atom.